The summed E-state index contributed by atoms with van der Waals surface area (Å²) in [6.45, 7) is 14.9. The molecule has 0 aliphatic heterocycles. The van der Waals surface area contributed by atoms with Crippen LogP contribution in [0, 0.1) is 10.8 Å². The summed E-state index contributed by atoms with van der Waals surface area (Å²) in [5, 5.41) is 7.26. The highest BCUT2D eigenvalue weighted by Crippen LogP contribution is 2.28. The van der Waals surface area contributed by atoms with Crippen LogP contribution in [0.25, 0.3) is 0 Å². The van der Waals surface area contributed by atoms with E-state index < -0.39 is 0 Å². The Bertz CT molecular complexity index is 346. The lowest BCUT2D eigenvalue weighted by atomic mass is 9.84. The van der Waals surface area contributed by atoms with E-state index >= 15 is 0 Å². The Hall–Kier alpha value is -1.11. The molecule has 0 aliphatic carbocycles. The van der Waals surface area contributed by atoms with Crippen molar-refractivity contribution in [3.63, 3.8) is 0 Å². The van der Waals surface area contributed by atoms with Gasteiger partial charge in [-0.05, 0) is 55.4 Å². The van der Waals surface area contributed by atoms with Crippen LogP contribution in [-0.2, 0) is 0 Å². The molecule has 0 unspecified atom stereocenters. The van der Waals surface area contributed by atoms with E-state index in [0.29, 0.717) is 0 Å². The molecule has 0 aromatic rings. The molecule has 0 fully saturated rings. The summed E-state index contributed by atoms with van der Waals surface area (Å²) in [6.07, 6.45) is 5.80. The Kier molecular flexibility index (Phi) is 5.43. The second-order valence-electron chi connectivity index (χ2n) is 5.27. The topological polar surface area (TPSA) is 23.9 Å². The van der Waals surface area contributed by atoms with Crippen LogP contribution in [0.15, 0.2) is 34.4 Å². The van der Waals surface area contributed by atoms with Crippen molar-refractivity contribution in [2.75, 3.05) is 0 Å². The lowest BCUT2D eigenvalue weighted by Crippen LogP contribution is -2.07. The molecule has 0 saturated carbocycles. The molecule has 16 heavy (non-hydrogen) atoms. The maximum atomic E-state index is 7.26. The third-order valence-electron chi connectivity index (χ3n) is 2.95. The van der Waals surface area contributed by atoms with E-state index in [0.717, 1.165) is 5.57 Å². The van der Waals surface area contributed by atoms with Crippen molar-refractivity contribution in [3.8, 4) is 0 Å². The first-order chi connectivity index (χ1) is 7.23. The van der Waals surface area contributed by atoms with Gasteiger partial charge in [-0.15, -0.1) is 0 Å². The molecule has 0 spiro atoms. The molecular weight excluding hydrogens is 194 g/mol. The predicted octanol–water partition coefficient (Wildman–Crippen LogP) is 4.91. The Morgan fingerprint density at radius 2 is 1.56 bits per heavy atom. The van der Waals surface area contributed by atoms with E-state index in [9.17, 15) is 0 Å². The average Bonchev–Trinajstić information content (AvgIpc) is 2.21. The molecule has 0 radical (unpaired) electrons. The molecule has 0 rings (SSSR count). The Morgan fingerprint density at radius 1 is 1.06 bits per heavy atom. The SMILES string of the molecule is C\C=C(/C=C(C)/C(C)=C(\C)C=N)C(C)(C)C. The smallest absolute Gasteiger partial charge is 0.0209 e. The maximum absolute atomic E-state index is 7.26. The van der Waals surface area contributed by atoms with E-state index in [4.69, 9.17) is 5.41 Å². The highest BCUT2D eigenvalue weighted by Gasteiger charge is 2.14. The van der Waals surface area contributed by atoms with Crippen molar-refractivity contribution in [2.45, 2.75) is 48.5 Å². The highest BCUT2D eigenvalue weighted by molar-refractivity contribution is 5.77. The molecule has 1 heteroatoms. The normalized spacial score (nSPS) is 15.9. The van der Waals surface area contributed by atoms with Crippen LogP contribution in [0.1, 0.15) is 48.5 Å². The summed E-state index contributed by atoms with van der Waals surface area (Å²) in [5.74, 6) is 0. The third kappa shape index (κ3) is 4.18. The van der Waals surface area contributed by atoms with Crippen molar-refractivity contribution in [3.05, 3.63) is 34.4 Å². The molecule has 1 N–H and O–H groups in total. The largest absolute Gasteiger partial charge is 0.308 e. The van der Waals surface area contributed by atoms with E-state index in [1.54, 1.807) is 0 Å². The first kappa shape index (κ1) is 14.9. The van der Waals surface area contributed by atoms with Gasteiger partial charge in [-0.2, -0.15) is 0 Å². The molecule has 0 bridgehead atoms. The quantitative estimate of drug-likeness (QED) is 0.515. The van der Waals surface area contributed by atoms with Gasteiger partial charge in [0, 0.05) is 6.21 Å². The number of hydrogen-bond acceptors (Lipinski definition) is 1. The van der Waals surface area contributed by atoms with Crippen LogP contribution in [0.4, 0.5) is 0 Å². The zero-order chi connectivity index (χ0) is 12.9. The summed E-state index contributed by atoms with van der Waals surface area (Å²) in [4.78, 5) is 0. The number of allylic oxidation sites excluding steroid dienone is 6. The van der Waals surface area contributed by atoms with Crippen molar-refractivity contribution in [1.82, 2.24) is 0 Å². The predicted molar refractivity (Wildman–Crippen MR) is 74.1 cm³/mol. The van der Waals surface area contributed by atoms with Crippen LogP contribution in [-0.4, -0.2) is 6.21 Å². The van der Waals surface area contributed by atoms with Crippen molar-refractivity contribution < 1.29 is 0 Å². The second-order valence-corrected chi connectivity index (χ2v) is 5.27. The molecule has 1 nitrogen and oxygen atoms in total. The lowest BCUT2D eigenvalue weighted by molar-refractivity contribution is 0.515. The zero-order valence-corrected chi connectivity index (χ0v) is 11.7. The van der Waals surface area contributed by atoms with Crippen molar-refractivity contribution in [1.29, 1.82) is 5.41 Å². The van der Waals surface area contributed by atoms with E-state index in [1.165, 1.54) is 22.9 Å². The summed E-state index contributed by atoms with van der Waals surface area (Å²) in [6, 6.07) is 0. The summed E-state index contributed by atoms with van der Waals surface area (Å²) in [5.41, 5.74) is 4.97. The first-order valence-electron chi connectivity index (χ1n) is 5.77. The summed E-state index contributed by atoms with van der Waals surface area (Å²) >= 11 is 0. The van der Waals surface area contributed by atoms with Gasteiger partial charge in [0.1, 0.15) is 0 Å². The summed E-state index contributed by atoms with van der Waals surface area (Å²) in [7, 11) is 0. The van der Waals surface area contributed by atoms with Gasteiger partial charge in [-0.1, -0.05) is 32.9 Å². The van der Waals surface area contributed by atoms with Crippen LogP contribution in [0.3, 0.4) is 0 Å². The highest BCUT2D eigenvalue weighted by atomic mass is 14.3. The standard InChI is InChI=1S/C15H25N/c1-8-14(15(5,6)7)9-11(2)13(4)12(3)10-16/h8-10,16H,1-7H3/b11-9+,13-12+,14-8+,16-10?. The van der Waals surface area contributed by atoms with Gasteiger partial charge in [-0.25, -0.2) is 0 Å². The van der Waals surface area contributed by atoms with Crippen LogP contribution < -0.4 is 0 Å². The summed E-state index contributed by atoms with van der Waals surface area (Å²) < 4.78 is 0. The molecule has 0 atom stereocenters. The van der Waals surface area contributed by atoms with Gasteiger partial charge in [0.25, 0.3) is 0 Å². The van der Waals surface area contributed by atoms with Crippen LogP contribution in [0.2, 0.25) is 0 Å². The number of hydrogen-bond donors (Lipinski definition) is 1. The molecule has 0 heterocycles. The second kappa shape index (κ2) is 5.83. The zero-order valence-electron chi connectivity index (χ0n) is 11.7. The van der Waals surface area contributed by atoms with Gasteiger partial charge in [-0.3, -0.25) is 0 Å². The molecule has 0 saturated heterocycles. The minimum absolute atomic E-state index is 0.175. The van der Waals surface area contributed by atoms with Gasteiger partial charge >= 0.3 is 0 Å². The minimum Gasteiger partial charge on any atom is -0.308 e. The lowest BCUT2D eigenvalue weighted by Gasteiger charge is -2.21. The van der Waals surface area contributed by atoms with E-state index in [2.05, 4.69) is 53.7 Å². The van der Waals surface area contributed by atoms with Crippen LogP contribution in [0.5, 0.6) is 0 Å². The Labute approximate surface area is 100 Å². The average molecular weight is 219 g/mol. The molecular formula is C15H25N. The minimum atomic E-state index is 0.175. The fourth-order valence-electron chi connectivity index (χ4n) is 1.49. The number of nitrogens with one attached hydrogen (secondary N) is 1. The fraction of sp³-hybridized carbons (Fsp3) is 0.533. The molecule has 90 valence electrons. The van der Waals surface area contributed by atoms with E-state index in [1.807, 2.05) is 6.92 Å². The fourth-order valence-corrected chi connectivity index (χ4v) is 1.49. The number of rotatable bonds is 3. The molecule has 0 aromatic carbocycles. The van der Waals surface area contributed by atoms with Gasteiger partial charge in [0.15, 0.2) is 0 Å². The van der Waals surface area contributed by atoms with E-state index in [-0.39, 0.29) is 5.41 Å². The first-order valence-corrected chi connectivity index (χ1v) is 5.77. The molecule has 0 amide bonds. The van der Waals surface area contributed by atoms with Crippen molar-refractivity contribution in [2.24, 2.45) is 5.41 Å². The third-order valence-corrected chi connectivity index (χ3v) is 2.95. The van der Waals surface area contributed by atoms with Gasteiger partial charge in [0.05, 0.1) is 0 Å². The van der Waals surface area contributed by atoms with Crippen molar-refractivity contribution >= 4 is 6.21 Å². The molecule has 0 aliphatic rings. The maximum Gasteiger partial charge on any atom is 0.0209 e. The monoisotopic (exact) mass is 219 g/mol. The van der Waals surface area contributed by atoms with Crippen LogP contribution >= 0.6 is 0 Å². The Morgan fingerprint density at radius 3 is 1.88 bits per heavy atom. The van der Waals surface area contributed by atoms with Gasteiger partial charge in [0.2, 0.25) is 0 Å². The Balaban J connectivity index is 5.28. The van der Waals surface area contributed by atoms with Gasteiger partial charge < -0.3 is 5.41 Å². The molecule has 0 aromatic heterocycles.